The Morgan fingerprint density at radius 3 is 2.46 bits per heavy atom. The Kier molecular flexibility index (Phi) is 10.1. The lowest BCUT2D eigenvalue weighted by molar-refractivity contribution is -0.116. The highest BCUT2D eigenvalue weighted by Gasteiger charge is 2.20. The fraction of sp³-hybridized carbons (Fsp3) is 0.103. The lowest BCUT2D eigenvalue weighted by atomic mass is 10.1. The number of amides is 3. The molecule has 0 aliphatic carbocycles. The number of thioether (sulfide) groups is 1. The fourth-order valence-corrected chi connectivity index (χ4v) is 5.28. The van der Waals surface area contributed by atoms with E-state index in [1.54, 1.807) is 54.1 Å². The Balaban J connectivity index is 1.50. The molecular formula is C29H25BrN4O3S2. The van der Waals surface area contributed by atoms with E-state index in [1.807, 2.05) is 49.4 Å². The Morgan fingerprint density at radius 1 is 1.00 bits per heavy atom. The van der Waals surface area contributed by atoms with Gasteiger partial charge in [0.25, 0.3) is 11.8 Å². The van der Waals surface area contributed by atoms with Gasteiger partial charge < -0.3 is 16.0 Å². The third-order valence-corrected chi connectivity index (χ3v) is 7.98. The maximum atomic E-state index is 13.3. The number of carbonyl (C=O) groups excluding carboxylic acids is 3. The van der Waals surface area contributed by atoms with Crippen molar-refractivity contribution < 1.29 is 14.4 Å². The SMILES string of the molecule is CCC(Sc1cccc(NC(=O)/C(=C/c2ccc(Br)cc2)NC(=O)c2ccccc2)c1)C(=O)Nc1nccs1. The van der Waals surface area contributed by atoms with Gasteiger partial charge in [-0.05, 0) is 60.5 Å². The van der Waals surface area contributed by atoms with Crippen LogP contribution in [0.5, 0.6) is 0 Å². The maximum Gasteiger partial charge on any atom is 0.272 e. The minimum atomic E-state index is -0.474. The van der Waals surface area contributed by atoms with Gasteiger partial charge in [0.15, 0.2) is 5.13 Å². The molecule has 0 radical (unpaired) electrons. The van der Waals surface area contributed by atoms with E-state index >= 15 is 0 Å². The van der Waals surface area contributed by atoms with Crippen LogP contribution in [0.25, 0.3) is 6.08 Å². The van der Waals surface area contributed by atoms with Crippen molar-refractivity contribution in [2.75, 3.05) is 10.6 Å². The fourth-order valence-electron chi connectivity index (χ4n) is 3.47. The van der Waals surface area contributed by atoms with E-state index in [9.17, 15) is 14.4 Å². The Labute approximate surface area is 243 Å². The standard InChI is InChI=1S/C29H25BrN4O3S2/c1-2-25(28(37)34-29-31-15-16-38-29)39-23-10-6-9-22(18-23)32-27(36)24(17-19-11-13-21(30)14-12-19)33-26(35)20-7-4-3-5-8-20/h3-18,25H,2H2,1H3,(H,32,36)(H,33,35)(H,31,34,37)/b24-17-. The van der Waals surface area contributed by atoms with Gasteiger partial charge >= 0.3 is 0 Å². The molecule has 0 aliphatic heterocycles. The number of aromatic nitrogens is 1. The number of halogens is 1. The molecule has 1 heterocycles. The Hall–Kier alpha value is -3.73. The molecule has 3 N–H and O–H groups in total. The van der Waals surface area contributed by atoms with Crippen molar-refractivity contribution in [2.24, 2.45) is 0 Å². The molecule has 0 saturated carbocycles. The Bertz CT molecular complexity index is 1460. The number of nitrogens with zero attached hydrogens (tertiary/aromatic N) is 1. The highest BCUT2D eigenvalue weighted by Crippen LogP contribution is 2.29. The van der Waals surface area contributed by atoms with E-state index in [0.29, 0.717) is 22.8 Å². The van der Waals surface area contributed by atoms with E-state index in [-0.39, 0.29) is 16.9 Å². The summed E-state index contributed by atoms with van der Waals surface area (Å²) in [6.07, 6.45) is 3.88. The highest BCUT2D eigenvalue weighted by atomic mass is 79.9. The van der Waals surface area contributed by atoms with Crippen LogP contribution in [0.1, 0.15) is 29.3 Å². The number of hydrogen-bond donors (Lipinski definition) is 3. The van der Waals surface area contributed by atoms with Crippen molar-refractivity contribution in [3.8, 4) is 0 Å². The molecule has 4 rings (SSSR count). The van der Waals surface area contributed by atoms with E-state index in [1.165, 1.54) is 23.1 Å². The van der Waals surface area contributed by atoms with Crippen LogP contribution in [0.3, 0.4) is 0 Å². The number of thiazole rings is 1. The van der Waals surface area contributed by atoms with Crippen LogP contribution in [-0.4, -0.2) is 28.0 Å². The van der Waals surface area contributed by atoms with Gasteiger partial charge in [0, 0.05) is 32.2 Å². The van der Waals surface area contributed by atoms with Crippen LogP contribution in [0.2, 0.25) is 0 Å². The normalized spacial score (nSPS) is 11.9. The molecule has 3 amide bonds. The molecule has 0 bridgehead atoms. The van der Waals surface area contributed by atoms with E-state index < -0.39 is 11.8 Å². The highest BCUT2D eigenvalue weighted by molar-refractivity contribution is 9.10. The quantitative estimate of drug-likeness (QED) is 0.133. The summed E-state index contributed by atoms with van der Waals surface area (Å²) >= 11 is 6.18. The summed E-state index contributed by atoms with van der Waals surface area (Å²) in [7, 11) is 0. The van der Waals surface area contributed by atoms with Gasteiger partial charge in [0.1, 0.15) is 5.70 Å². The first-order valence-corrected chi connectivity index (χ1v) is 14.6. The lowest BCUT2D eigenvalue weighted by Crippen LogP contribution is -2.30. The predicted octanol–water partition coefficient (Wildman–Crippen LogP) is 6.82. The van der Waals surface area contributed by atoms with Crippen molar-refractivity contribution in [3.05, 3.63) is 112 Å². The second-order valence-electron chi connectivity index (χ2n) is 8.25. The zero-order valence-corrected chi connectivity index (χ0v) is 24.1. The maximum absolute atomic E-state index is 13.3. The molecule has 10 heteroatoms. The predicted molar refractivity (Wildman–Crippen MR) is 162 cm³/mol. The van der Waals surface area contributed by atoms with E-state index in [2.05, 4.69) is 36.9 Å². The third-order valence-electron chi connectivity index (χ3n) is 5.41. The average Bonchev–Trinajstić information content (AvgIpc) is 3.46. The molecule has 0 spiro atoms. The first-order valence-electron chi connectivity index (χ1n) is 12.0. The number of benzene rings is 3. The molecular weight excluding hydrogens is 596 g/mol. The summed E-state index contributed by atoms with van der Waals surface area (Å²) in [6, 6.07) is 23.3. The smallest absolute Gasteiger partial charge is 0.272 e. The van der Waals surface area contributed by atoms with Gasteiger partial charge in [-0.3, -0.25) is 14.4 Å². The molecule has 0 saturated heterocycles. The van der Waals surface area contributed by atoms with E-state index in [4.69, 9.17) is 0 Å². The molecule has 7 nitrogen and oxygen atoms in total. The molecule has 1 unspecified atom stereocenters. The molecule has 4 aromatic rings. The molecule has 198 valence electrons. The van der Waals surface area contributed by atoms with Gasteiger partial charge in [0.05, 0.1) is 5.25 Å². The summed E-state index contributed by atoms with van der Waals surface area (Å²) in [6.45, 7) is 1.94. The van der Waals surface area contributed by atoms with Crippen molar-refractivity contribution >= 4 is 73.6 Å². The van der Waals surface area contributed by atoms with Crippen molar-refractivity contribution in [2.45, 2.75) is 23.5 Å². The van der Waals surface area contributed by atoms with Crippen LogP contribution in [0, 0.1) is 0 Å². The largest absolute Gasteiger partial charge is 0.321 e. The minimum Gasteiger partial charge on any atom is -0.321 e. The van der Waals surface area contributed by atoms with Crippen molar-refractivity contribution in [3.63, 3.8) is 0 Å². The summed E-state index contributed by atoms with van der Waals surface area (Å²) in [5.41, 5.74) is 1.82. The molecule has 39 heavy (non-hydrogen) atoms. The van der Waals surface area contributed by atoms with Crippen molar-refractivity contribution in [1.82, 2.24) is 10.3 Å². The monoisotopic (exact) mass is 620 g/mol. The lowest BCUT2D eigenvalue weighted by Gasteiger charge is -2.15. The number of rotatable bonds is 10. The molecule has 0 aliphatic rings. The molecule has 3 aromatic carbocycles. The Morgan fingerprint density at radius 2 is 1.77 bits per heavy atom. The van der Waals surface area contributed by atoms with Gasteiger partial charge in [-0.1, -0.05) is 59.3 Å². The summed E-state index contributed by atoms with van der Waals surface area (Å²) in [4.78, 5) is 43.9. The van der Waals surface area contributed by atoms with Gasteiger partial charge in [0.2, 0.25) is 5.91 Å². The minimum absolute atomic E-state index is 0.0958. The zero-order chi connectivity index (χ0) is 27.6. The van der Waals surface area contributed by atoms with Crippen molar-refractivity contribution in [1.29, 1.82) is 0 Å². The van der Waals surface area contributed by atoms with Crippen LogP contribution < -0.4 is 16.0 Å². The number of nitrogens with one attached hydrogen (secondary N) is 3. The van der Waals surface area contributed by atoms with Crippen LogP contribution >= 0.6 is 39.0 Å². The van der Waals surface area contributed by atoms with Gasteiger partial charge in [-0.15, -0.1) is 23.1 Å². The summed E-state index contributed by atoms with van der Waals surface area (Å²) in [5.74, 6) is -0.997. The van der Waals surface area contributed by atoms with Crippen LogP contribution in [0.15, 0.2) is 106 Å². The van der Waals surface area contributed by atoms with Crippen LogP contribution in [-0.2, 0) is 9.59 Å². The second-order valence-corrected chi connectivity index (χ2v) is 11.3. The second kappa shape index (κ2) is 13.9. The number of anilines is 2. The number of carbonyl (C=O) groups is 3. The first-order chi connectivity index (χ1) is 18.9. The zero-order valence-electron chi connectivity index (χ0n) is 20.9. The molecule has 1 aromatic heterocycles. The van der Waals surface area contributed by atoms with E-state index in [0.717, 1.165) is 14.9 Å². The molecule has 1 atom stereocenters. The first kappa shape index (κ1) is 28.3. The third kappa shape index (κ3) is 8.38. The average molecular weight is 622 g/mol. The van der Waals surface area contributed by atoms with Gasteiger partial charge in [-0.25, -0.2) is 4.98 Å². The summed E-state index contributed by atoms with van der Waals surface area (Å²) in [5, 5.41) is 10.5. The van der Waals surface area contributed by atoms with Crippen LogP contribution in [0.4, 0.5) is 10.8 Å². The summed E-state index contributed by atoms with van der Waals surface area (Å²) < 4.78 is 0.902. The number of hydrogen-bond acceptors (Lipinski definition) is 6. The molecule has 0 fully saturated rings. The topological polar surface area (TPSA) is 100 Å². The van der Waals surface area contributed by atoms with Gasteiger partial charge in [-0.2, -0.15) is 0 Å².